The second-order valence-electron chi connectivity index (χ2n) is 5.29. The fourth-order valence-corrected chi connectivity index (χ4v) is 2.12. The van der Waals surface area contributed by atoms with Gasteiger partial charge < -0.3 is 31.2 Å². The van der Waals surface area contributed by atoms with E-state index < -0.39 is 11.0 Å². The van der Waals surface area contributed by atoms with Crippen molar-refractivity contribution in [3.8, 4) is 0 Å². The van der Waals surface area contributed by atoms with Crippen molar-refractivity contribution >= 4 is 5.95 Å². The monoisotopic (exact) mass is 314 g/mol. The number of imidazole rings is 1. The zero-order chi connectivity index (χ0) is 16.4. The zero-order valence-electron chi connectivity index (χ0n) is 13.0. The Balaban J connectivity index is 2.14. The molecule has 126 valence electrons. The van der Waals surface area contributed by atoms with Crippen LogP contribution in [0, 0.1) is 10.1 Å². The van der Waals surface area contributed by atoms with E-state index in [4.69, 9.17) is 5.73 Å². The van der Waals surface area contributed by atoms with Crippen molar-refractivity contribution in [1.29, 1.82) is 0 Å². The molecule has 9 nitrogen and oxygen atoms in total. The van der Waals surface area contributed by atoms with Crippen molar-refractivity contribution in [2.75, 3.05) is 39.8 Å². The minimum atomic E-state index is -0.692. The number of aliphatic hydroxyl groups is 1. The molecule has 1 aromatic rings. The molecule has 0 spiro atoms. The van der Waals surface area contributed by atoms with Crippen LogP contribution >= 0.6 is 0 Å². The number of rotatable bonds is 12. The van der Waals surface area contributed by atoms with Gasteiger partial charge in [-0.3, -0.25) is 0 Å². The van der Waals surface area contributed by atoms with E-state index >= 15 is 0 Å². The van der Waals surface area contributed by atoms with E-state index in [9.17, 15) is 15.2 Å². The van der Waals surface area contributed by atoms with Gasteiger partial charge in [-0.2, -0.15) is 0 Å². The Hall–Kier alpha value is -1.55. The van der Waals surface area contributed by atoms with Crippen molar-refractivity contribution in [3.05, 3.63) is 22.5 Å². The summed E-state index contributed by atoms with van der Waals surface area (Å²) in [5.41, 5.74) is 5.46. The molecule has 0 aliphatic heterocycles. The van der Waals surface area contributed by atoms with E-state index in [0.717, 1.165) is 32.5 Å². The van der Waals surface area contributed by atoms with Gasteiger partial charge >= 0.3 is 5.95 Å². The maximum atomic E-state index is 10.7. The number of nitrogens with zero attached hydrogens (tertiary/aromatic N) is 4. The minimum Gasteiger partial charge on any atom is -0.390 e. The summed E-state index contributed by atoms with van der Waals surface area (Å²) in [5.74, 6) is -0.249. The molecule has 0 radical (unpaired) electrons. The van der Waals surface area contributed by atoms with E-state index in [1.54, 1.807) is 0 Å². The lowest BCUT2D eigenvalue weighted by molar-refractivity contribution is -0.397. The summed E-state index contributed by atoms with van der Waals surface area (Å²) >= 11 is 0. The first-order valence-electron chi connectivity index (χ1n) is 7.47. The van der Waals surface area contributed by atoms with Gasteiger partial charge in [0.1, 0.15) is 12.4 Å². The average molecular weight is 314 g/mol. The lowest BCUT2D eigenvalue weighted by Gasteiger charge is -2.16. The van der Waals surface area contributed by atoms with Crippen LogP contribution in [0.3, 0.4) is 0 Å². The van der Waals surface area contributed by atoms with Crippen LogP contribution < -0.4 is 11.1 Å². The molecule has 1 rings (SSSR count). The van der Waals surface area contributed by atoms with Gasteiger partial charge in [0.15, 0.2) is 0 Å². The third-order valence-electron chi connectivity index (χ3n) is 3.28. The standard InChI is InChI=1S/C13H26N6O3/c1-17(7-2-4-14)8-3-5-15-10-12(20)11-18-9-6-16-13(18)19(21)22/h6,9,12,15,20H,2-5,7-8,10-11,14H2,1H3. The van der Waals surface area contributed by atoms with Crippen LogP contribution in [0.1, 0.15) is 12.8 Å². The van der Waals surface area contributed by atoms with Gasteiger partial charge in [0.2, 0.25) is 0 Å². The third kappa shape index (κ3) is 6.94. The van der Waals surface area contributed by atoms with Crippen LogP contribution in [0.15, 0.2) is 12.4 Å². The second-order valence-corrected chi connectivity index (χ2v) is 5.29. The Morgan fingerprint density at radius 1 is 1.55 bits per heavy atom. The molecule has 0 aromatic carbocycles. The van der Waals surface area contributed by atoms with Crippen molar-refractivity contribution in [1.82, 2.24) is 19.8 Å². The smallest absolute Gasteiger partial charge is 0.390 e. The van der Waals surface area contributed by atoms with Gasteiger partial charge in [-0.05, 0) is 51.0 Å². The predicted octanol–water partition coefficient (Wildman–Crippen LogP) is -0.587. The van der Waals surface area contributed by atoms with Gasteiger partial charge in [-0.25, -0.2) is 4.57 Å². The van der Waals surface area contributed by atoms with Gasteiger partial charge in [0, 0.05) is 6.54 Å². The zero-order valence-corrected chi connectivity index (χ0v) is 13.0. The molecule has 1 unspecified atom stereocenters. The Bertz CT molecular complexity index is 439. The van der Waals surface area contributed by atoms with Gasteiger partial charge in [-0.1, -0.05) is 4.98 Å². The summed E-state index contributed by atoms with van der Waals surface area (Å²) in [4.78, 5) is 16.0. The van der Waals surface area contributed by atoms with Gasteiger partial charge in [0.25, 0.3) is 0 Å². The molecular formula is C13H26N6O3. The number of nitro groups is 1. The van der Waals surface area contributed by atoms with E-state index in [-0.39, 0.29) is 12.5 Å². The topological polar surface area (TPSA) is 122 Å². The molecule has 0 bridgehead atoms. The maximum Gasteiger partial charge on any atom is 0.434 e. The van der Waals surface area contributed by atoms with Crippen LogP contribution in [0.4, 0.5) is 5.95 Å². The summed E-state index contributed by atoms with van der Waals surface area (Å²) in [6.45, 7) is 3.99. The highest BCUT2D eigenvalue weighted by Crippen LogP contribution is 2.07. The number of hydrogen-bond acceptors (Lipinski definition) is 7. The fourth-order valence-electron chi connectivity index (χ4n) is 2.12. The van der Waals surface area contributed by atoms with Crippen LogP contribution in [0.25, 0.3) is 0 Å². The van der Waals surface area contributed by atoms with E-state index in [1.165, 1.54) is 17.0 Å². The summed E-state index contributed by atoms with van der Waals surface area (Å²) < 4.78 is 1.34. The highest BCUT2D eigenvalue weighted by Gasteiger charge is 2.17. The molecule has 1 aromatic heterocycles. The van der Waals surface area contributed by atoms with Gasteiger partial charge in [0.05, 0.1) is 12.6 Å². The number of hydrogen-bond donors (Lipinski definition) is 3. The largest absolute Gasteiger partial charge is 0.434 e. The summed E-state index contributed by atoms with van der Waals surface area (Å²) in [5, 5.41) is 23.8. The molecule has 0 saturated carbocycles. The first-order valence-corrected chi connectivity index (χ1v) is 7.47. The van der Waals surface area contributed by atoms with Crippen molar-refractivity contribution in [3.63, 3.8) is 0 Å². The van der Waals surface area contributed by atoms with E-state index in [0.29, 0.717) is 13.1 Å². The first kappa shape index (κ1) is 18.5. The van der Waals surface area contributed by atoms with Crippen molar-refractivity contribution in [2.24, 2.45) is 5.73 Å². The Morgan fingerprint density at radius 3 is 2.95 bits per heavy atom. The lowest BCUT2D eigenvalue weighted by Crippen LogP contribution is -2.32. The molecule has 0 saturated heterocycles. The molecule has 0 aliphatic carbocycles. The van der Waals surface area contributed by atoms with E-state index in [1.807, 2.05) is 0 Å². The molecule has 0 fully saturated rings. The Kier molecular flexibility index (Phi) is 8.60. The molecule has 0 amide bonds. The van der Waals surface area contributed by atoms with E-state index in [2.05, 4.69) is 22.2 Å². The fraction of sp³-hybridized carbons (Fsp3) is 0.769. The highest BCUT2D eigenvalue weighted by atomic mass is 16.6. The van der Waals surface area contributed by atoms with Crippen LogP contribution in [0.5, 0.6) is 0 Å². The molecular weight excluding hydrogens is 288 g/mol. The van der Waals surface area contributed by atoms with Crippen LogP contribution in [-0.2, 0) is 6.54 Å². The predicted molar refractivity (Wildman–Crippen MR) is 83.5 cm³/mol. The Labute approximate surface area is 130 Å². The number of nitrogens with two attached hydrogens (primary N) is 1. The molecule has 9 heteroatoms. The lowest BCUT2D eigenvalue weighted by atomic mass is 10.3. The molecule has 1 heterocycles. The maximum absolute atomic E-state index is 10.7. The second kappa shape index (κ2) is 10.2. The highest BCUT2D eigenvalue weighted by molar-refractivity contribution is 5.06. The molecule has 4 N–H and O–H groups in total. The number of aromatic nitrogens is 2. The summed E-state index contributed by atoms with van der Waals surface area (Å²) in [6.07, 6.45) is 4.12. The summed E-state index contributed by atoms with van der Waals surface area (Å²) in [7, 11) is 2.06. The van der Waals surface area contributed by atoms with Crippen molar-refractivity contribution in [2.45, 2.75) is 25.5 Å². The molecule has 22 heavy (non-hydrogen) atoms. The minimum absolute atomic E-state index is 0.152. The third-order valence-corrected chi connectivity index (χ3v) is 3.28. The summed E-state index contributed by atoms with van der Waals surface area (Å²) in [6, 6.07) is 0. The Morgan fingerprint density at radius 2 is 2.27 bits per heavy atom. The molecule has 1 atom stereocenters. The van der Waals surface area contributed by atoms with Crippen molar-refractivity contribution < 1.29 is 10.0 Å². The van der Waals surface area contributed by atoms with Gasteiger partial charge in [-0.15, -0.1) is 0 Å². The normalized spacial score (nSPS) is 12.7. The first-order chi connectivity index (χ1) is 10.5. The number of nitrogens with one attached hydrogen (secondary N) is 1. The average Bonchev–Trinajstić information content (AvgIpc) is 2.93. The SMILES string of the molecule is CN(CCCN)CCCNCC(O)Cn1ccnc1[N+](=O)[O-]. The van der Waals surface area contributed by atoms with Crippen LogP contribution in [0.2, 0.25) is 0 Å². The number of aliphatic hydroxyl groups excluding tert-OH is 1. The quantitative estimate of drug-likeness (QED) is 0.268. The molecule has 0 aliphatic rings. The van der Waals surface area contributed by atoms with Crippen LogP contribution in [-0.4, -0.2) is 70.4 Å².